The number of phosphoric ester groups is 1. The summed E-state index contributed by atoms with van der Waals surface area (Å²) in [5.41, 5.74) is 5.88. The Morgan fingerprint density at radius 3 is 3.04 bits per heavy atom. The van der Waals surface area contributed by atoms with E-state index in [-0.39, 0.29) is 12.4 Å². The second-order valence-corrected chi connectivity index (χ2v) is 7.48. The molecular weight excluding hydrogens is 353 g/mol. The van der Waals surface area contributed by atoms with Gasteiger partial charge in [0.1, 0.15) is 29.7 Å². The number of fused-ring (bicyclic) bond motifs is 3. The molecule has 4 heterocycles. The standard InChI is InChI=1S/C13H18N5O6P/c1-3-13-4-22-8(9(13)24-25(19,20)21-2)12(23-13)18-6-17-7-10(14)15-5-16-11(7)18/h5-6,8-9,12H,3-4H2,1-2H3,(H,19,20)(H2,14,15,16)/t8-,9?,12+,13-/m0/s1. The molecule has 2 bridgehead atoms. The maximum absolute atomic E-state index is 11.9. The summed E-state index contributed by atoms with van der Waals surface area (Å²) < 4.78 is 35.4. The van der Waals surface area contributed by atoms with Crippen LogP contribution in [0.25, 0.3) is 11.2 Å². The number of phosphoric acid groups is 1. The third-order valence-electron chi connectivity index (χ3n) is 4.71. The first-order valence-electron chi connectivity index (χ1n) is 7.70. The molecule has 2 aliphatic heterocycles. The third-order valence-corrected chi connectivity index (χ3v) is 5.67. The lowest BCUT2D eigenvalue weighted by atomic mass is 9.96. The van der Waals surface area contributed by atoms with E-state index in [0.717, 1.165) is 7.11 Å². The van der Waals surface area contributed by atoms with Gasteiger partial charge in [0, 0.05) is 7.11 Å². The molecule has 0 aliphatic carbocycles. The molecule has 0 radical (unpaired) electrons. The van der Waals surface area contributed by atoms with E-state index in [9.17, 15) is 9.46 Å². The monoisotopic (exact) mass is 371 g/mol. The maximum atomic E-state index is 11.9. The van der Waals surface area contributed by atoms with Crippen LogP contribution in [0.2, 0.25) is 0 Å². The van der Waals surface area contributed by atoms with Gasteiger partial charge in [-0.3, -0.25) is 13.6 Å². The van der Waals surface area contributed by atoms with Crippen LogP contribution in [-0.2, 0) is 23.1 Å². The molecule has 25 heavy (non-hydrogen) atoms. The Morgan fingerprint density at radius 2 is 2.32 bits per heavy atom. The summed E-state index contributed by atoms with van der Waals surface area (Å²) in [7, 11) is -3.09. The highest BCUT2D eigenvalue weighted by atomic mass is 31.2. The molecule has 0 amide bonds. The Labute approximate surface area is 142 Å². The van der Waals surface area contributed by atoms with Crippen molar-refractivity contribution in [3.63, 3.8) is 0 Å². The van der Waals surface area contributed by atoms with Crippen molar-refractivity contribution in [1.82, 2.24) is 19.5 Å². The molecule has 2 unspecified atom stereocenters. The minimum atomic E-state index is -4.20. The Bertz CT molecular complexity index is 861. The molecule has 2 saturated heterocycles. The lowest BCUT2D eigenvalue weighted by Gasteiger charge is -2.30. The van der Waals surface area contributed by atoms with Crippen LogP contribution in [0.5, 0.6) is 0 Å². The average Bonchev–Trinajstić information content (AvgIpc) is 3.26. The van der Waals surface area contributed by atoms with E-state index in [1.54, 1.807) is 4.57 Å². The van der Waals surface area contributed by atoms with Gasteiger partial charge in [-0.1, -0.05) is 6.92 Å². The highest BCUT2D eigenvalue weighted by molar-refractivity contribution is 7.47. The number of aromatic nitrogens is 4. The van der Waals surface area contributed by atoms with Crippen molar-refractivity contribution in [2.75, 3.05) is 19.5 Å². The summed E-state index contributed by atoms with van der Waals surface area (Å²) in [5, 5.41) is 0. The Morgan fingerprint density at radius 1 is 1.52 bits per heavy atom. The van der Waals surface area contributed by atoms with Crippen molar-refractivity contribution in [2.45, 2.75) is 37.4 Å². The first-order valence-corrected chi connectivity index (χ1v) is 9.19. The van der Waals surface area contributed by atoms with E-state index in [0.29, 0.717) is 17.6 Å². The van der Waals surface area contributed by atoms with Crippen LogP contribution >= 0.6 is 7.82 Å². The Hall–Kier alpha value is -1.62. The van der Waals surface area contributed by atoms with Gasteiger partial charge in [0.25, 0.3) is 0 Å². The Kier molecular flexibility index (Phi) is 3.83. The second-order valence-electron chi connectivity index (χ2n) is 5.96. The SMILES string of the molecule is CC[C@]12CO[C@@H](C1OP(=O)(O)OC)[C@H](n1cnc3c(N)ncnc31)O2. The number of ether oxygens (including phenoxy) is 2. The molecule has 2 aliphatic rings. The van der Waals surface area contributed by atoms with Gasteiger partial charge in [-0.2, -0.15) is 0 Å². The lowest BCUT2D eigenvalue weighted by molar-refractivity contribution is -0.173. The predicted octanol–water partition coefficient (Wildman–Crippen LogP) is 0.617. The molecule has 3 N–H and O–H groups in total. The number of imidazole rings is 1. The fourth-order valence-electron chi connectivity index (χ4n) is 3.35. The van der Waals surface area contributed by atoms with Gasteiger partial charge < -0.3 is 20.1 Å². The Balaban J connectivity index is 1.73. The number of nitrogens with two attached hydrogens (primary N) is 1. The van der Waals surface area contributed by atoms with Gasteiger partial charge >= 0.3 is 7.82 Å². The summed E-state index contributed by atoms with van der Waals surface area (Å²) in [5.74, 6) is 0.255. The molecule has 12 heteroatoms. The fourth-order valence-corrected chi connectivity index (χ4v) is 4.03. The van der Waals surface area contributed by atoms with Gasteiger partial charge in [-0.05, 0) is 6.42 Å². The number of anilines is 1. The van der Waals surface area contributed by atoms with Gasteiger partial charge in [0.15, 0.2) is 17.7 Å². The highest BCUT2D eigenvalue weighted by Gasteiger charge is 2.63. The zero-order chi connectivity index (χ0) is 17.8. The number of hydrogen-bond acceptors (Lipinski definition) is 9. The smallest absolute Gasteiger partial charge is 0.382 e. The maximum Gasteiger partial charge on any atom is 0.472 e. The van der Waals surface area contributed by atoms with Crippen molar-refractivity contribution >= 4 is 24.8 Å². The third kappa shape index (κ3) is 2.47. The molecule has 0 saturated carbocycles. The van der Waals surface area contributed by atoms with Crippen molar-refractivity contribution in [1.29, 1.82) is 0 Å². The van der Waals surface area contributed by atoms with Crippen LogP contribution in [0.1, 0.15) is 19.6 Å². The molecule has 2 fully saturated rings. The quantitative estimate of drug-likeness (QED) is 0.717. The van der Waals surface area contributed by atoms with Gasteiger partial charge in [-0.25, -0.2) is 19.5 Å². The van der Waals surface area contributed by atoms with Gasteiger partial charge in [0.05, 0.1) is 12.9 Å². The van der Waals surface area contributed by atoms with Crippen molar-refractivity contribution in [3.05, 3.63) is 12.7 Å². The first-order chi connectivity index (χ1) is 11.9. The molecule has 0 aromatic carbocycles. The topological polar surface area (TPSA) is 144 Å². The van der Waals surface area contributed by atoms with E-state index in [1.807, 2.05) is 6.92 Å². The number of nitrogen functional groups attached to an aromatic ring is 1. The van der Waals surface area contributed by atoms with Crippen LogP contribution in [0, 0.1) is 0 Å². The van der Waals surface area contributed by atoms with Crippen molar-refractivity contribution < 1.29 is 28.0 Å². The van der Waals surface area contributed by atoms with Crippen LogP contribution in [0.4, 0.5) is 5.82 Å². The summed E-state index contributed by atoms with van der Waals surface area (Å²) in [4.78, 5) is 22.0. The van der Waals surface area contributed by atoms with E-state index in [1.165, 1.54) is 12.7 Å². The summed E-state index contributed by atoms with van der Waals surface area (Å²) in [6.07, 6.45) is 1.37. The minimum Gasteiger partial charge on any atom is -0.382 e. The predicted molar refractivity (Wildman–Crippen MR) is 84.3 cm³/mol. The summed E-state index contributed by atoms with van der Waals surface area (Å²) >= 11 is 0. The van der Waals surface area contributed by atoms with E-state index in [2.05, 4.69) is 19.5 Å². The van der Waals surface area contributed by atoms with Gasteiger partial charge in [0.2, 0.25) is 0 Å². The van der Waals surface area contributed by atoms with Crippen LogP contribution in [-0.4, -0.2) is 55.9 Å². The number of nitrogens with zero attached hydrogens (tertiary/aromatic N) is 4. The molecule has 2 aromatic heterocycles. The zero-order valence-electron chi connectivity index (χ0n) is 13.6. The fraction of sp³-hybridized carbons (Fsp3) is 0.615. The lowest BCUT2D eigenvalue weighted by Crippen LogP contribution is -2.40. The minimum absolute atomic E-state index is 0.253. The van der Waals surface area contributed by atoms with Crippen LogP contribution in [0.15, 0.2) is 12.7 Å². The normalized spacial score (nSPS) is 33.8. The second kappa shape index (κ2) is 5.70. The number of hydrogen-bond donors (Lipinski definition) is 2. The van der Waals surface area contributed by atoms with Gasteiger partial charge in [-0.15, -0.1) is 0 Å². The van der Waals surface area contributed by atoms with E-state index < -0.39 is 31.9 Å². The zero-order valence-corrected chi connectivity index (χ0v) is 14.5. The van der Waals surface area contributed by atoms with Crippen LogP contribution in [0.3, 0.4) is 0 Å². The molecule has 11 nitrogen and oxygen atoms in total. The average molecular weight is 371 g/mol. The summed E-state index contributed by atoms with van der Waals surface area (Å²) in [6, 6.07) is 0. The highest BCUT2D eigenvalue weighted by Crippen LogP contribution is 2.55. The van der Waals surface area contributed by atoms with Crippen LogP contribution < -0.4 is 5.73 Å². The molecule has 0 spiro atoms. The van der Waals surface area contributed by atoms with Crippen molar-refractivity contribution in [2.24, 2.45) is 0 Å². The molecule has 2 aromatic rings. The largest absolute Gasteiger partial charge is 0.472 e. The number of rotatable bonds is 5. The molecular formula is C13H18N5O6P. The van der Waals surface area contributed by atoms with E-state index in [4.69, 9.17) is 19.7 Å². The molecule has 136 valence electrons. The summed E-state index contributed by atoms with van der Waals surface area (Å²) in [6.45, 7) is 2.15. The van der Waals surface area contributed by atoms with E-state index >= 15 is 0 Å². The molecule has 4 rings (SSSR count). The first kappa shape index (κ1) is 16.8. The van der Waals surface area contributed by atoms with Crippen molar-refractivity contribution in [3.8, 4) is 0 Å². The molecule has 5 atom stereocenters.